The van der Waals surface area contributed by atoms with E-state index in [1.165, 1.54) is 0 Å². The Morgan fingerprint density at radius 3 is 2.17 bits per heavy atom. The monoisotopic (exact) mass is 334 g/mol. The van der Waals surface area contributed by atoms with Crippen LogP contribution in [-0.2, 0) is 21.2 Å². The number of rotatable bonds is 8. The molecule has 4 nitrogen and oxygen atoms in total. The van der Waals surface area contributed by atoms with Gasteiger partial charge in [-0.15, -0.1) is 0 Å². The average molecular weight is 334 g/mol. The van der Waals surface area contributed by atoms with E-state index in [0.29, 0.717) is 6.61 Å². The molecule has 0 aromatic heterocycles. The Morgan fingerprint density at radius 1 is 1.00 bits per heavy atom. The molecule has 0 bridgehead atoms. The highest BCUT2D eigenvalue weighted by Gasteiger charge is 2.25. The van der Waals surface area contributed by atoms with Gasteiger partial charge in [0.2, 0.25) is 0 Å². The van der Waals surface area contributed by atoms with Gasteiger partial charge < -0.3 is 9.84 Å². The van der Waals surface area contributed by atoms with Gasteiger partial charge in [0, 0.05) is 0 Å². The maximum absolute atomic E-state index is 12.4. The molecule has 2 atom stereocenters. The molecule has 0 fully saturated rings. The smallest absolute Gasteiger partial charge is 0.159 e. The van der Waals surface area contributed by atoms with Crippen LogP contribution < -0.4 is 0 Å². The van der Waals surface area contributed by atoms with Gasteiger partial charge in [-0.2, -0.15) is 0 Å². The summed E-state index contributed by atoms with van der Waals surface area (Å²) in [5.74, 6) is -0.308. The van der Waals surface area contributed by atoms with Crippen LogP contribution in [-0.4, -0.2) is 32.0 Å². The van der Waals surface area contributed by atoms with Gasteiger partial charge in [-0.3, -0.25) is 0 Å². The third-order valence-corrected chi connectivity index (χ3v) is 5.85. The normalized spacial score (nSPS) is 14.3. The summed E-state index contributed by atoms with van der Waals surface area (Å²) in [5, 5.41) is 9.31. The Balaban J connectivity index is 1.85. The molecule has 2 aromatic rings. The number of benzene rings is 2. The number of ether oxygens (including phenoxy) is 1. The molecule has 0 aliphatic rings. The van der Waals surface area contributed by atoms with Crippen molar-refractivity contribution >= 4 is 9.84 Å². The molecule has 0 aliphatic carbocycles. The lowest BCUT2D eigenvalue weighted by atomic mass is 10.2. The van der Waals surface area contributed by atoms with Gasteiger partial charge >= 0.3 is 0 Å². The van der Waals surface area contributed by atoms with E-state index in [4.69, 9.17) is 4.74 Å². The molecule has 0 radical (unpaired) electrons. The van der Waals surface area contributed by atoms with Crippen LogP contribution in [0.3, 0.4) is 0 Å². The standard InChI is InChI=1S/C18H22O4S/c1-15(17-10-6-3-7-11-17)23(20,21)14-18(19)13-22-12-16-8-4-2-5-9-16/h2-11,15,18-19H,12-14H2,1H3. The highest BCUT2D eigenvalue weighted by molar-refractivity contribution is 7.91. The van der Waals surface area contributed by atoms with Gasteiger partial charge in [0.05, 0.1) is 30.3 Å². The number of hydrogen-bond donors (Lipinski definition) is 1. The first-order valence-corrected chi connectivity index (χ1v) is 9.27. The molecule has 5 heteroatoms. The van der Waals surface area contributed by atoms with Crippen molar-refractivity contribution in [3.63, 3.8) is 0 Å². The average Bonchev–Trinajstić information content (AvgIpc) is 2.55. The van der Waals surface area contributed by atoms with Crippen molar-refractivity contribution in [2.45, 2.75) is 24.9 Å². The largest absolute Gasteiger partial charge is 0.390 e. The predicted octanol–water partition coefficient (Wildman–Crippen LogP) is 2.74. The summed E-state index contributed by atoms with van der Waals surface area (Å²) >= 11 is 0. The lowest BCUT2D eigenvalue weighted by Crippen LogP contribution is -2.28. The van der Waals surface area contributed by atoms with Crippen molar-refractivity contribution in [2.75, 3.05) is 12.4 Å². The molecule has 0 amide bonds. The Labute approximate surface area is 137 Å². The fraction of sp³-hybridized carbons (Fsp3) is 0.333. The topological polar surface area (TPSA) is 63.6 Å². The van der Waals surface area contributed by atoms with Gasteiger partial charge in [0.25, 0.3) is 0 Å². The first kappa shape index (κ1) is 17.7. The van der Waals surface area contributed by atoms with Crippen LogP contribution in [0.25, 0.3) is 0 Å². The zero-order valence-electron chi connectivity index (χ0n) is 13.1. The molecule has 0 aliphatic heterocycles. The Hall–Kier alpha value is -1.69. The van der Waals surface area contributed by atoms with Gasteiger partial charge in [-0.25, -0.2) is 8.42 Å². The van der Waals surface area contributed by atoms with E-state index in [2.05, 4.69) is 0 Å². The molecule has 0 saturated carbocycles. The number of hydrogen-bond acceptors (Lipinski definition) is 4. The maximum Gasteiger partial charge on any atom is 0.159 e. The number of aliphatic hydroxyl groups is 1. The molecular formula is C18H22O4S. The van der Waals surface area contributed by atoms with Crippen LogP contribution in [0.5, 0.6) is 0 Å². The second-order valence-corrected chi connectivity index (χ2v) is 7.90. The summed E-state index contributed by atoms with van der Waals surface area (Å²) in [4.78, 5) is 0. The van der Waals surface area contributed by atoms with E-state index in [9.17, 15) is 13.5 Å². The van der Waals surface area contributed by atoms with Gasteiger partial charge in [-0.05, 0) is 18.1 Å². The molecule has 0 heterocycles. The van der Waals surface area contributed by atoms with Gasteiger partial charge in [0.15, 0.2) is 9.84 Å². The van der Waals surface area contributed by atoms with Crippen LogP contribution in [0.15, 0.2) is 60.7 Å². The van der Waals surface area contributed by atoms with Crippen LogP contribution in [0, 0.1) is 0 Å². The van der Waals surface area contributed by atoms with Crippen LogP contribution >= 0.6 is 0 Å². The molecule has 2 rings (SSSR count). The van der Waals surface area contributed by atoms with Gasteiger partial charge in [0.1, 0.15) is 0 Å². The lowest BCUT2D eigenvalue weighted by molar-refractivity contribution is 0.0389. The van der Waals surface area contributed by atoms with Crippen LogP contribution in [0.1, 0.15) is 23.3 Å². The molecule has 1 N–H and O–H groups in total. The van der Waals surface area contributed by atoms with Crippen molar-refractivity contribution in [3.05, 3.63) is 71.8 Å². The second kappa shape index (κ2) is 8.24. The summed E-state index contributed by atoms with van der Waals surface area (Å²) in [6.07, 6.45) is -1.03. The van der Waals surface area contributed by atoms with Crippen molar-refractivity contribution in [3.8, 4) is 0 Å². The van der Waals surface area contributed by atoms with E-state index >= 15 is 0 Å². The molecular weight excluding hydrogens is 312 g/mol. The number of sulfone groups is 1. The van der Waals surface area contributed by atoms with Crippen molar-refractivity contribution in [1.29, 1.82) is 0 Å². The highest BCUT2D eigenvalue weighted by atomic mass is 32.2. The third kappa shape index (κ3) is 5.46. The SMILES string of the molecule is CC(c1ccccc1)S(=O)(=O)CC(O)COCc1ccccc1. The summed E-state index contributed by atoms with van der Waals surface area (Å²) in [5.41, 5.74) is 1.71. The minimum Gasteiger partial charge on any atom is -0.390 e. The summed E-state index contributed by atoms with van der Waals surface area (Å²) in [6.45, 7) is 1.99. The van der Waals surface area contributed by atoms with Crippen molar-refractivity contribution in [1.82, 2.24) is 0 Å². The van der Waals surface area contributed by atoms with E-state index in [1.807, 2.05) is 36.4 Å². The zero-order valence-corrected chi connectivity index (χ0v) is 13.9. The minimum atomic E-state index is -3.44. The Morgan fingerprint density at radius 2 is 1.57 bits per heavy atom. The Bertz CT molecular complexity index is 683. The molecule has 0 saturated heterocycles. The first-order chi connectivity index (χ1) is 11.0. The first-order valence-electron chi connectivity index (χ1n) is 7.55. The maximum atomic E-state index is 12.4. The second-order valence-electron chi connectivity index (χ2n) is 5.54. The summed E-state index contributed by atoms with van der Waals surface area (Å²) < 4.78 is 30.1. The minimum absolute atomic E-state index is 0.00433. The molecule has 23 heavy (non-hydrogen) atoms. The van der Waals surface area contributed by atoms with Crippen LogP contribution in [0.4, 0.5) is 0 Å². The fourth-order valence-electron chi connectivity index (χ4n) is 2.28. The lowest BCUT2D eigenvalue weighted by Gasteiger charge is -2.16. The van der Waals surface area contributed by atoms with E-state index < -0.39 is 21.2 Å². The number of aliphatic hydroxyl groups excluding tert-OH is 1. The van der Waals surface area contributed by atoms with Crippen molar-refractivity contribution in [2.24, 2.45) is 0 Å². The quantitative estimate of drug-likeness (QED) is 0.806. The van der Waals surface area contributed by atoms with Gasteiger partial charge in [-0.1, -0.05) is 60.7 Å². The summed E-state index contributed by atoms with van der Waals surface area (Å²) in [6, 6.07) is 18.6. The third-order valence-electron chi connectivity index (χ3n) is 3.65. The highest BCUT2D eigenvalue weighted by Crippen LogP contribution is 2.22. The van der Waals surface area contributed by atoms with Crippen LogP contribution in [0.2, 0.25) is 0 Å². The summed E-state index contributed by atoms with van der Waals surface area (Å²) in [7, 11) is -3.44. The zero-order chi connectivity index (χ0) is 16.7. The Kier molecular flexibility index (Phi) is 6.33. The van der Waals surface area contributed by atoms with E-state index in [1.54, 1.807) is 31.2 Å². The fourth-order valence-corrected chi connectivity index (χ4v) is 3.77. The van der Waals surface area contributed by atoms with Crippen molar-refractivity contribution < 1.29 is 18.3 Å². The van der Waals surface area contributed by atoms with E-state index in [0.717, 1.165) is 11.1 Å². The molecule has 2 aromatic carbocycles. The molecule has 0 spiro atoms. The molecule has 124 valence electrons. The molecule has 2 unspecified atom stereocenters. The predicted molar refractivity (Wildman–Crippen MR) is 90.7 cm³/mol. The van der Waals surface area contributed by atoms with E-state index in [-0.39, 0.29) is 12.4 Å².